The molecule has 7 heteroatoms. The van der Waals surface area contributed by atoms with E-state index in [-0.39, 0.29) is 23.6 Å². The molecule has 1 atom stereocenters. The molecular weight excluding hydrogens is 334 g/mol. The summed E-state index contributed by atoms with van der Waals surface area (Å²) in [4.78, 5) is 42.5. The first kappa shape index (κ1) is 18.5. The van der Waals surface area contributed by atoms with E-state index in [1.807, 2.05) is 4.90 Å². The highest BCUT2D eigenvalue weighted by Crippen LogP contribution is 2.22. The molecule has 2 saturated heterocycles. The molecular formula is C19H27N3O4. The molecule has 0 saturated carbocycles. The van der Waals surface area contributed by atoms with Gasteiger partial charge in [0, 0.05) is 45.7 Å². The van der Waals surface area contributed by atoms with Crippen molar-refractivity contribution >= 4 is 17.7 Å². The van der Waals surface area contributed by atoms with Gasteiger partial charge in [-0.25, -0.2) is 0 Å². The number of amides is 3. The number of unbranched alkanes of at least 4 members (excludes halogenated alkanes) is 2. The Morgan fingerprint density at radius 3 is 2.54 bits per heavy atom. The molecule has 0 aliphatic carbocycles. The first-order valence-corrected chi connectivity index (χ1v) is 9.49. The predicted molar refractivity (Wildman–Crippen MR) is 95.4 cm³/mol. The van der Waals surface area contributed by atoms with E-state index in [4.69, 9.17) is 4.42 Å². The highest BCUT2D eigenvalue weighted by Gasteiger charge is 2.37. The van der Waals surface area contributed by atoms with E-state index in [1.54, 1.807) is 21.9 Å². The topological polar surface area (TPSA) is 74.1 Å². The van der Waals surface area contributed by atoms with E-state index in [0.29, 0.717) is 44.9 Å². The van der Waals surface area contributed by atoms with E-state index in [0.717, 1.165) is 25.8 Å². The second kappa shape index (κ2) is 8.38. The predicted octanol–water partition coefficient (Wildman–Crippen LogP) is 1.60. The van der Waals surface area contributed by atoms with Crippen LogP contribution in [0, 0.1) is 5.92 Å². The zero-order valence-corrected chi connectivity index (χ0v) is 15.4. The van der Waals surface area contributed by atoms with Gasteiger partial charge >= 0.3 is 0 Å². The molecule has 3 rings (SSSR count). The van der Waals surface area contributed by atoms with Crippen molar-refractivity contribution in [1.29, 1.82) is 0 Å². The first-order valence-electron chi connectivity index (χ1n) is 9.49. The molecule has 3 heterocycles. The van der Waals surface area contributed by atoms with Crippen LogP contribution in [0.3, 0.4) is 0 Å². The molecule has 1 aromatic heterocycles. The lowest BCUT2D eigenvalue weighted by Crippen LogP contribution is -2.52. The van der Waals surface area contributed by atoms with Gasteiger partial charge in [0.1, 0.15) is 0 Å². The Balaban J connectivity index is 1.48. The Labute approximate surface area is 153 Å². The van der Waals surface area contributed by atoms with Crippen LogP contribution in [-0.2, 0) is 9.59 Å². The van der Waals surface area contributed by atoms with Gasteiger partial charge in [0.2, 0.25) is 11.8 Å². The number of nitrogens with zero attached hydrogens (tertiary/aromatic N) is 3. The molecule has 0 radical (unpaired) electrons. The summed E-state index contributed by atoms with van der Waals surface area (Å²) >= 11 is 0. The number of furan rings is 1. The summed E-state index contributed by atoms with van der Waals surface area (Å²) in [5.41, 5.74) is 0. The SMILES string of the molecule is CCCCCN1CC(C(=O)N2CCN(C(=O)c3ccco3)CC2)CC1=O. The van der Waals surface area contributed by atoms with Crippen LogP contribution < -0.4 is 0 Å². The van der Waals surface area contributed by atoms with Crippen molar-refractivity contribution in [2.24, 2.45) is 5.92 Å². The lowest BCUT2D eigenvalue weighted by molar-refractivity contribution is -0.137. The van der Waals surface area contributed by atoms with Gasteiger partial charge in [-0.15, -0.1) is 0 Å². The van der Waals surface area contributed by atoms with Crippen LogP contribution >= 0.6 is 0 Å². The van der Waals surface area contributed by atoms with Gasteiger partial charge in [0.25, 0.3) is 5.91 Å². The summed E-state index contributed by atoms with van der Waals surface area (Å²) in [6.45, 7) is 5.42. The molecule has 2 aliphatic heterocycles. The molecule has 0 N–H and O–H groups in total. The molecule has 3 amide bonds. The zero-order chi connectivity index (χ0) is 18.5. The number of carbonyl (C=O) groups is 3. The monoisotopic (exact) mass is 361 g/mol. The van der Waals surface area contributed by atoms with Crippen molar-refractivity contribution in [3.05, 3.63) is 24.2 Å². The number of hydrogen-bond acceptors (Lipinski definition) is 4. The van der Waals surface area contributed by atoms with Crippen LogP contribution in [0.1, 0.15) is 43.2 Å². The van der Waals surface area contributed by atoms with Crippen molar-refractivity contribution < 1.29 is 18.8 Å². The maximum Gasteiger partial charge on any atom is 0.289 e. The average Bonchev–Trinajstić information content (AvgIpc) is 3.31. The number of carbonyl (C=O) groups excluding carboxylic acids is 3. The van der Waals surface area contributed by atoms with Crippen LogP contribution in [0.5, 0.6) is 0 Å². The molecule has 1 unspecified atom stereocenters. The second-order valence-electron chi connectivity index (χ2n) is 7.04. The quantitative estimate of drug-likeness (QED) is 0.722. The highest BCUT2D eigenvalue weighted by molar-refractivity contribution is 5.92. The third-order valence-corrected chi connectivity index (χ3v) is 5.21. The highest BCUT2D eigenvalue weighted by atomic mass is 16.3. The zero-order valence-electron chi connectivity index (χ0n) is 15.4. The van der Waals surface area contributed by atoms with Crippen LogP contribution in [0.2, 0.25) is 0 Å². The Morgan fingerprint density at radius 2 is 1.88 bits per heavy atom. The van der Waals surface area contributed by atoms with E-state index in [1.165, 1.54) is 6.26 Å². The average molecular weight is 361 g/mol. The summed E-state index contributed by atoms with van der Waals surface area (Å²) < 4.78 is 5.15. The van der Waals surface area contributed by atoms with Gasteiger partial charge in [-0.1, -0.05) is 19.8 Å². The Kier molecular flexibility index (Phi) is 5.96. The van der Waals surface area contributed by atoms with E-state index < -0.39 is 0 Å². The third-order valence-electron chi connectivity index (χ3n) is 5.21. The fourth-order valence-corrected chi connectivity index (χ4v) is 3.65. The van der Waals surface area contributed by atoms with Crippen LogP contribution in [0.25, 0.3) is 0 Å². The molecule has 0 bridgehead atoms. The minimum absolute atomic E-state index is 0.0430. The molecule has 1 aromatic rings. The lowest BCUT2D eigenvalue weighted by Gasteiger charge is -2.35. The summed E-state index contributed by atoms with van der Waals surface area (Å²) in [6, 6.07) is 3.34. The second-order valence-corrected chi connectivity index (χ2v) is 7.04. The Bertz CT molecular complexity index is 635. The van der Waals surface area contributed by atoms with Gasteiger partial charge in [-0.2, -0.15) is 0 Å². The number of hydrogen-bond donors (Lipinski definition) is 0. The van der Waals surface area contributed by atoms with Gasteiger partial charge in [-0.3, -0.25) is 14.4 Å². The van der Waals surface area contributed by atoms with E-state index in [9.17, 15) is 14.4 Å². The van der Waals surface area contributed by atoms with Crippen LogP contribution in [-0.4, -0.2) is 71.7 Å². The molecule has 142 valence electrons. The minimum Gasteiger partial charge on any atom is -0.459 e. The smallest absolute Gasteiger partial charge is 0.289 e. The van der Waals surface area contributed by atoms with Gasteiger partial charge in [0.05, 0.1) is 12.2 Å². The number of likely N-dealkylation sites (tertiary alicyclic amines) is 1. The van der Waals surface area contributed by atoms with Crippen molar-refractivity contribution in [3.8, 4) is 0 Å². The van der Waals surface area contributed by atoms with Gasteiger partial charge < -0.3 is 19.1 Å². The third kappa shape index (κ3) is 4.08. The van der Waals surface area contributed by atoms with Crippen molar-refractivity contribution in [2.45, 2.75) is 32.6 Å². The van der Waals surface area contributed by atoms with Crippen LogP contribution in [0.15, 0.2) is 22.8 Å². The normalized spacial score (nSPS) is 20.7. The first-order chi connectivity index (χ1) is 12.6. The summed E-state index contributed by atoms with van der Waals surface area (Å²) in [5.74, 6) is 0.0816. The fourth-order valence-electron chi connectivity index (χ4n) is 3.65. The molecule has 2 fully saturated rings. The van der Waals surface area contributed by atoms with Gasteiger partial charge in [-0.05, 0) is 18.6 Å². The maximum atomic E-state index is 12.8. The number of piperazine rings is 1. The van der Waals surface area contributed by atoms with E-state index >= 15 is 0 Å². The molecule has 0 spiro atoms. The standard InChI is InChI=1S/C19H27N3O4/c1-2-3-4-7-22-14-15(13-17(22)23)18(24)20-8-10-21(11-9-20)19(25)16-6-5-12-26-16/h5-6,12,15H,2-4,7-11,13-14H2,1H3. The largest absolute Gasteiger partial charge is 0.459 e. The van der Waals surface area contributed by atoms with E-state index in [2.05, 4.69) is 6.92 Å². The van der Waals surface area contributed by atoms with Crippen molar-refractivity contribution in [1.82, 2.24) is 14.7 Å². The molecule has 0 aromatic carbocycles. The summed E-state index contributed by atoms with van der Waals surface area (Å²) in [6.07, 6.45) is 5.02. The van der Waals surface area contributed by atoms with Crippen LogP contribution in [0.4, 0.5) is 0 Å². The van der Waals surface area contributed by atoms with Crippen molar-refractivity contribution in [3.63, 3.8) is 0 Å². The maximum absolute atomic E-state index is 12.8. The minimum atomic E-state index is -0.239. The summed E-state index contributed by atoms with van der Waals surface area (Å²) in [7, 11) is 0. The van der Waals surface area contributed by atoms with Gasteiger partial charge in [0.15, 0.2) is 5.76 Å². The molecule has 26 heavy (non-hydrogen) atoms. The van der Waals surface area contributed by atoms with Crippen molar-refractivity contribution in [2.75, 3.05) is 39.3 Å². The molecule has 7 nitrogen and oxygen atoms in total. The Hall–Kier alpha value is -2.31. The fraction of sp³-hybridized carbons (Fsp3) is 0.632. The lowest BCUT2D eigenvalue weighted by atomic mass is 10.1. The Morgan fingerprint density at radius 1 is 1.15 bits per heavy atom. The summed E-state index contributed by atoms with van der Waals surface area (Å²) in [5, 5.41) is 0. The number of rotatable bonds is 6. The molecule has 2 aliphatic rings.